The van der Waals surface area contributed by atoms with Crippen LogP contribution in [-0.2, 0) is 13.1 Å². The van der Waals surface area contributed by atoms with Gasteiger partial charge in [0.15, 0.2) is 0 Å². The molecule has 0 radical (unpaired) electrons. The van der Waals surface area contributed by atoms with Gasteiger partial charge in [0, 0.05) is 30.0 Å². The van der Waals surface area contributed by atoms with Gasteiger partial charge in [-0.15, -0.1) is 0 Å². The number of hydrogen-bond acceptors (Lipinski definition) is 2. The monoisotopic (exact) mass is 222 g/mol. The van der Waals surface area contributed by atoms with Crippen LogP contribution in [0.4, 0.5) is 0 Å². The molecule has 1 fully saturated rings. The molecule has 0 saturated heterocycles. The summed E-state index contributed by atoms with van der Waals surface area (Å²) in [5.74, 6) is 0. The molecule has 3 nitrogen and oxygen atoms in total. The maximum atomic E-state index is 9.24. The molecular weight excluding hydrogens is 200 g/mol. The van der Waals surface area contributed by atoms with E-state index in [4.69, 9.17) is 0 Å². The first-order chi connectivity index (χ1) is 7.62. The molecule has 0 aliphatic heterocycles. The third-order valence-electron chi connectivity index (χ3n) is 3.80. The van der Waals surface area contributed by atoms with Crippen molar-refractivity contribution in [3.8, 4) is 0 Å². The van der Waals surface area contributed by atoms with Crippen LogP contribution in [0.5, 0.6) is 0 Å². The van der Waals surface area contributed by atoms with Gasteiger partial charge in [-0.1, -0.05) is 0 Å². The standard InChI is InChI=1S/C13H22N2O/c1-4-15-10(2)7-12(11(15)3)8-14-13(9-16)5-6-13/h7,14,16H,4-6,8-9H2,1-3H3. The van der Waals surface area contributed by atoms with E-state index in [-0.39, 0.29) is 12.1 Å². The Morgan fingerprint density at radius 1 is 1.44 bits per heavy atom. The zero-order valence-electron chi connectivity index (χ0n) is 10.5. The lowest BCUT2D eigenvalue weighted by Gasteiger charge is -2.14. The van der Waals surface area contributed by atoms with Crippen molar-refractivity contribution >= 4 is 0 Å². The lowest BCUT2D eigenvalue weighted by molar-refractivity contribution is 0.229. The molecule has 0 spiro atoms. The molecule has 0 unspecified atom stereocenters. The Bertz CT molecular complexity index is 378. The Morgan fingerprint density at radius 3 is 2.56 bits per heavy atom. The molecule has 2 N–H and O–H groups in total. The van der Waals surface area contributed by atoms with E-state index in [2.05, 4.69) is 36.7 Å². The molecule has 3 heteroatoms. The smallest absolute Gasteiger partial charge is 0.0613 e. The van der Waals surface area contributed by atoms with E-state index >= 15 is 0 Å². The number of aromatic nitrogens is 1. The summed E-state index contributed by atoms with van der Waals surface area (Å²) in [6, 6.07) is 2.25. The number of aliphatic hydroxyl groups is 1. The Kier molecular flexibility index (Phi) is 3.08. The number of aliphatic hydroxyl groups excluding tert-OH is 1. The number of hydrogen-bond donors (Lipinski definition) is 2. The van der Waals surface area contributed by atoms with Gasteiger partial charge in [0.25, 0.3) is 0 Å². The first-order valence-corrected chi connectivity index (χ1v) is 6.13. The number of nitrogens with one attached hydrogen (secondary N) is 1. The van der Waals surface area contributed by atoms with Crippen LogP contribution in [0.25, 0.3) is 0 Å². The normalized spacial score (nSPS) is 17.8. The van der Waals surface area contributed by atoms with Gasteiger partial charge in [-0.05, 0) is 45.2 Å². The van der Waals surface area contributed by atoms with Gasteiger partial charge in [-0.2, -0.15) is 0 Å². The van der Waals surface area contributed by atoms with E-state index in [9.17, 15) is 5.11 Å². The van der Waals surface area contributed by atoms with E-state index in [1.54, 1.807) is 0 Å². The number of rotatable bonds is 5. The second-order valence-electron chi connectivity index (χ2n) is 4.93. The first-order valence-electron chi connectivity index (χ1n) is 6.13. The van der Waals surface area contributed by atoms with E-state index in [1.807, 2.05) is 0 Å². The lowest BCUT2D eigenvalue weighted by atomic mass is 10.2. The van der Waals surface area contributed by atoms with Crippen molar-refractivity contribution < 1.29 is 5.11 Å². The van der Waals surface area contributed by atoms with Crippen molar-refractivity contribution in [2.45, 2.75) is 52.2 Å². The Balaban J connectivity index is 2.04. The van der Waals surface area contributed by atoms with Crippen LogP contribution in [-0.4, -0.2) is 21.8 Å². The second kappa shape index (κ2) is 4.22. The van der Waals surface area contributed by atoms with Crippen LogP contribution in [0.2, 0.25) is 0 Å². The topological polar surface area (TPSA) is 37.2 Å². The van der Waals surface area contributed by atoms with Crippen LogP contribution < -0.4 is 5.32 Å². The summed E-state index contributed by atoms with van der Waals surface area (Å²) in [5.41, 5.74) is 4.07. The van der Waals surface area contributed by atoms with Crippen LogP contribution in [0.3, 0.4) is 0 Å². The van der Waals surface area contributed by atoms with Crippen molar-refractivity contribution in [1.82, 2.24) is 9.88 Å². The van der Waals surface area contributed by atoms with Gasteiger partial charge in [-0.25, -0.2) is 0 Å². The molecule has 16 heavy (non-hydrogen) atoms. The molecule has 0 atom stereocenters. The van der Waals surface area contributed by atoms with Crippen molar-refractivity contribution in [3.63, 3.8) is 0 Å². The molecule has 1 saturated carbocycles. The summed E-state index contributed by atoms with van der Waals surface area (Å²) in [6.07, 6.45) is 2.21. The fourth-order valence-electron chi connectivity index (χ4n) is 2.36. The quantitative estimate of drug-likeness (QED) is 0.796. The molecular formula is C13H22N2O. The third-order valence-corrected chi connectivity index (χ3v) is 3.80. The SMILES string of the molecule is CCn1c(C)cc(CNC2(CO)CC2)c1C. The van der Waals surface area contributed by atoms with Gasteiger partial charge in [0.2, 0.25) is 0 Å². The summed E-state index contributed by atoms with van der Waals surface area (Å²) in [7, 11) is 0. The highest BCUT2D eigenvalue weighted by molar-refractivity contribution is 5.27. The Labute approximate surface area is 97.5 Å². The average Bonchev–Trinajstić information content (AvgIpc) is 3.00. The van der Waals surface area contributed by atoms with Gasteiger partial charge < -0.3 is 15.0 Å². The van der Waals surface area contributed by atoms with Crippen molar-refractivity contribution in [2.24, 2.45) is 0 Å². The molecule has 1 aliphatic rings. The highest BCUT2D eigenvalue weighted by atomic mass is 16.3. The molecule has 1 aromatic heterocycles. The minimum atomic E-state index is 0.0364. The molecule has 1 heterocycles. The van der Waals surface area contributed by atoms with Gasteiger partial charge in [0.05, 0.1) is 6.61 Å². The molecule has 2 rings (SSSR count). The van der Waals surface area contributed by atoms with Gasteiger partial charge in [0.1, 0.15) is 0 Å². The zero-order chi connectivity index (χ0) is 11.8. The average molecular weight is 222 g/mol. The second-order valence-corrected chi connectivity index (χ2v) is 4.93. The van der Waals surface area contributed by atoms with E-state index in [1.165, 1.54) is 17.0 Å². The van der Waals surface area contributed by atoms with E-state index < -0.39 is 0 Å². The first kappa shape index (κ1) is 11.7. The van der Waals surface area contributed by atoms with Gasteiger partial charge >= 0.3 is 0 Å². The predicted octanol–water partition coefficient (Wildman–Crippen LogP) is 1.74. The predicted molar refractivity (Wildman–Crippen MR) is 65.5 cm³/mol. The van der Waals surface area contributed by atoms with E-state index in [0.717, 1.165) is 25.9 Å². The summed E-state index contributed by atoms with van der Waals surface area (Å²) >= 11 is 0. The van der Waals surface area contributed by atoms with Crippen LogP contribution in [0.15, 0.2) is 6.07 Å². The molecule has 0 aromatic carbocycles. The Hall–Kier alpha value is -0.800. The van der Waals surface area contributed by atoms with Crippen molar-refractivity contribution in [2.75, 3.05) is 6.61 Å². The summed E-state index contributed by atoms with van der Waals surface area (Å²) in [5, 5.41) is 12.7. The van der Waals surface area contributed by atoms with Crippen molar-refractivity contribution in [3.05, 3.63) is 23.0 Å². The Morgan fingerprint density at radius 2 is 2.12 bits per heavy atom. The molecule has 0 bridgehead atoms. The fourth-order valence-corrected chi connectivity index (χ4v) is 2.36. The summed E-state index contributed by atoms with van der Waals surface area (Å²) in [4.78, 5) is 0. The number of aryl methyl sites for hydroxylation is 1. The minimum absolute atomic E-state index is 0.0364. The van der Waals surface area contributed by atoms with Crippen molar-refractivity contribution in [1.29, 1.82) is 0 Å². The van der Waals surface area contributed by atoms with E-state index in [0.29, 0.717) is 0 Å². The molecule has 0 amide bonds. The van der Waals surface area contributed by atoms with Crippen LogP contribution in [0.1, 0.15) is 36.7 Å². The highest BCUT2D eigenvalue weighted by Gasteiger charge is 2.41. The molecule has 90 valence electrons. The van der Waals surface area contributed by atoms with Crippen LogP contribution in [0, 0.1) is 13.8 Å². The van der Waals surface area contributed by atoms with Gasteiger partial charge in [-0.3, -0.25) is 0 Å². The molecule has 1 aliphatic carbocycles. The summed E-state index contributed by atoms with van der Waals surface area (Å²) in [6.45, 7) is 8.67. The number of nitrogens with zero attached hydrogens (tertiary/aromatic N) is 1. The maximum Gasteiger partial charge on any atom is 0.0613 e. The third kappa shape index (κ3) is 2.02. The fraction of sp³-hybridized carbons (Fsp3) is 0.692. The lowest BCUT2D eigenvalue weighted by Crippen LogP contribution is -2.34. The largest absolute Gasteiger partial charge is 0.394 e. The summed E-state index contributed by atoms with van der Waals surface area (Å²) < 4.78 is 2.33. The minimum Gasteiger partial charge on any atom is -0.394 e. The highest BCUT2D eigenvalue weighted by Crippen LogP contribution is 2.35. The molecule has 1 aromatic rings. The maximum absolute atomic E-state index is 9.24. The zero-order valence-corrected chi connectivity index (χ0v) is 10.5. The van der Waals surface area contributed by atoms with Crippen LogP contribution >= 0.6 is 0 Å².